The molecule has 1 saturated carbocycles. The Morgan fingerprint density at radius 3 is 2.67 bits per heavy atom. The van der Waals surface area contributed by atoms with Crippen LogP contribution in [0.5, 0.6) is 0 Å². The molecule has 146 valence electrons. The molecule has 8 heteroatoms. The molecule has 5 nitrogen and oxygen atoms in total. The van der Waals surface area contributed by atoms with E-state index < -0.39 is 26.6 Å². The monoisotopic (exact) mass is 395 g/mol. The topological polar surface area (TPSA) is 55.2 Å². The molecule has 0 saturated heterocycles. The second kappa shape index (κ2) is 6.98. The average molecular weight is 395 g/mol. The van der Waals surface area contributed by atoms with Crippen molar-refractivity contribution in [2.24, 2.45) is 7.05 Å². The highest BCUT2D eigenvalue weighted by atomic mass is 32.2. The summed E-state index contributed by atoms with van der Waals surface area (Å²) in [6.07, 6.45) is 6.17. The first-order valence-corrected chi connectivity index (χ1v) is 10.8. The maximum Gasteiger partial charge on any atom is 0.246 e. The van der Waals surface area contributed by atoms with Crippen LogP contribution in [0.2, 0.25) is 0 Å². The highest BCUT2D eigenvalue weighted by Crippen LogP contribution is 2.33. The predicted octanol–water partition coefficient (Wildman–Crippen LogP) is 3.32. The van der Waals surface area contributed by atoms with Crippen LogP contribution in [0.25, 0.3) is 0 Å². The van der Waals surface area contributed by atoms with Crippen molar-refractivity contribution in [2.45, 2.75) is 62.4 Å². The van der Waals surface area contributed by atoms with Crippen molar-refractivity contribution < 1.29 is 17.2 Å². The van der Waals surface area contributed by atoms with Crippen LogP contribution in [0.4, 0.5) is 8.78 Å². The molecule has 2 aliphatic rings. The minimum atomic E-state index is -4.17. The molecule has 1 aromatic heterocycles. The molecule has 0 unspecified atom stereocenters. The van der Waals surface area contributed by atoms with Crippen molar-refractivity contribution in [2.75, 3.05) is 0 Å². The summed E-state index contributed by atoms with van der Waals surface area (Å²) in [6, 6.07) is 2.36. The molecule has 1 fully saturated rings. The average Bonchev–Trinajstić information content (AvgIpc) is 3.35. The van der Waals surface area contributed by atoms with Gasteiger partial charge < -0.3 is 0 Å². The van der Waals surface area contributed by atoms with Gasteiger partial charge in [-0.15, -0.1) is 0 Å². The number of rotatable bonds is 5. The van der Waals surface area contributed by atoms with Gasteiger partial charge in [0.05, 0.1) is 12.2 Å². The van der Waals surface area contributed by atoms with Gasteiger partial charge in [0.15, 0.2) is 0 Å². The number of sulfonamides is 1. The van der Waals surface area contributed by atoms with E-state index in [1.807, 2.05) is 11.7 Å². The Kier molecular flexibility index (Phi) is 4.80. The smallest absolute Gasteiger partial charge is 0.246 e. The summed E-state index contributed by atoms with van der Waals surface area (Å²) < 4.78 is 57.7. The molecule has 0 amide bonds. The van der Waals surface area contributed by atoms with Crippen molar-refractivity contribution in [1.29, 1.82) is 0 Å². The number of halogens is 2. The third kappa shape index (κ3) is 3.29. The van der Waals surface area contributed by atoms with Crippen LogP contribution in [0.3, 0.4) is 0 Å². The maximum absolute atomic E-state index is 14.3. The lowest BCUT2D eigenvalue weighted by molar-refractivity contribution is 0.310. The number of fused-ring (bicyclic) bond motifs is 1. The third-order valence-corrected chi connectivity index (χ3v) is 7.63. The van der Waals surface area contributed by atoms with Gasteiger partial charge in [-0.05, 0) is 55.9 Å². The Morgan fingerprint density at radius 2 is 1.93 bits per heavy atom. The zero-order valence-electron chi connectivity index (χ0n) is 15.3. The van der Waals surface area contributed by atoms with E-state index in [-0.39, 0.29) is 12.6 Å². The molecule has 0 radical (unpaired) electrons. The predicted molar refractivity (Wildman–Crippen MR) is 96.6 cm³/mol. The molecule has 2 aromatic rings. The molecular formula is C19H23F2N3O2S. The molecule has 0 N–H and O–H groups in total. The van der Waals surface area contributed by atoms with Crippen LogP contribution >= 0.6 is 0 Å². The van der Waals surface area contributed by atoms with E-state index in [0.717, 1.165) is 80.1 Å². The van der Waals surface area contributed by atoms with E-state index in [1.54, 1.807) is 0 Å². The van der Waals surface area contributed by atoms with Gasteiger partial charge in [-0.2, -0.15) is 9.40 Å². The Morgan fingerprint density at radius 1 is 1.19 bits per heavy atom. The fourth-order valence-corrected chi connectivity index (χ4v) is 6.10. The van der Waals surface area contributed by atoms with Crippen molar-refractivity contribution in [3.05, 3.63) is 46.8 Å². The van der Waals surface area contributed by atoms with Crippen molar-refractivity contribution in [1.82, 2.24) is 14.1 Å². The van der Waals surface area contributed by atoms with E-state index in [2.05, 4.69) is 5.10 Å². The fraction of sp³-hybridized carbons (Fsp3) is 0.526. The molecule has 0 spiro atoms. The first-order chi connectivity index (χ1) is 12.9. The molecule has 1 aromatic carbocycles. The first kappa shape index (κ1) is 18.6. The highest BCUT2D eigenvalue weighted by molar-refractivity contribution is 7.89. The van der Waals surface area contributed by atoms with E-state index in [1.165, 1.54) is 4.31 Å². The molecular weight excluding hydrogens is 372 g/mol. The Bertz CT molecular complexity index is 966. The fourth-order valence-electron chi connectivity index (χ4n) is 4.38. The second-order valence-corrected chi connectivity index (χ2v) is 9.27. The summed E-state index contributed by atoms with van der Waals surface area (Å²) in [5.41, 5.74) is 2.98. The Balaban J connectivity index is 1.75. The van der Waals surface area contributed by atoms with Gasteiger partial charge >= 0.3 is 0 Å². The molecule has 4 rings (SSSR count). The number of hydrogen-bond donors (Lipinski definition) is 0. The van der Waals surface area contributed by atoms with Gasteiger partial charge in [-0.1, -0.05) is 12.8 Å². The van der Waals surface area contributed by atoms with E-state index in [9.17, 15) is 17.2 Å². The lowest BCUT2D eigenvalue weighted by Crippen LogP contribution is -2.39. The van der Waals surface area contributed by atoms with E-state index in [4.69, 9.17) is 0 Å². The summed E-state index contributed by atoms with van der Waals surface area (Å²) in [6.45, 7) is 0.103. The minimum absolute atomic E-state index is 0.103. The van der Waals surface area contributed by atoms with Crippen molar-refractivity contribution in [3.8, 4) is 0 Å². The summed E-state index contributed by atoms with van der Waals surface area (Å²) in [5, 5.41) is 4.53. The number of aromatic nitrogens is 2. The molecule has 0 aliphatic heterocycles. The van der Waals surface area contributed by atoms with Crippen molar-refractivity contribution >= 4 is 10.0 Å². The van der Waals surface area contributed by atoms with Crippen molar-refractivity contribution in [3.63, 3.8) is 0 Å². The van der Waals surface area contributed by atoms with Gasteiger partial charge in [-0.3, -0.25) is 4.68 Å². The largest absolute Gasteiger partial charge is 0.272 e. The lowest BCUT2D eigenvalue weighted by atomic mass is 10.2. The van der Waals surface area contributed by atoms with Crippen LogP contribution in [0, 0.1) is 11.6 Å². The zero-order chi connectivity index (χ0) is 19.2. The van der Waals surface area contributed by atoms with Crippen LogP contribution in [0.1, 0.15) is 49.1 Å². The Hall–Kier alpha value is -1.80. The Labute approximate surface area is 158 Å². The first-order valence-electron chi connectivity index (χ1n) is 9.38. The molecule has 0 atom stereocenters. The maximum atomic E-state index is 14.3. The summed E-state index contributed by atoms with van der Waals surface area (Å²) in [7, 11) is -2.31. The molecule has 0 bridgehead atoms. The van der Waals surface area contributed by atoms with Gasteiger partial charge in [0, 0.05) is 18.8 Å². The van der Waals surface area contributed by atoms with Crippen LogP contribution in [-0.4, -0.2) is 28.5 Å². The van der Waals surface area contributed by atoms with Gasteiger partial charge in [0.2, 0.25) is 10.0 Å². The van der Waals surface area contributed by atoms with Crippen LogP contribution < -0.4 is 0 Å². The third-order valence-electron chi connectivity index (χ3n) is 5.72. The number of nitrogens with zero attached hydrogens (tertiary/aromatic N) is 3. The normalized spacial score (nSPS) is 17.8. The van der Waals surface area contributed by atoms with Gasteiger partial charge in [0.25, 0.3) is 0 Å². The SMILES string of the molecule is Cn1nc(CN(C2CCCC2)S(=O)(=O)c2cc(F)ccc2F)c2c1CCC2. The number of aryl methyl sites for hydroxylation is 1. The molecule has 1 heterocycles. The second-order valence-electron chi connectivity index (χ2n) is 7.41. The standard InChI is InChI=1S/C19H23F2N3O2S/c1-23-18-8-4-7-15(18)17(22-23)12-24(14-5-2-3-6-14)27(25,26)19-11-13(20)9-10-16(19)21/h9-11,14H,2-8,12H2,1H3. The molecule has 27 heavy (non-hydrogen) atoms. The quantitative estimate of drug-likeness (QED) is 0.780. The number of hydrogen-bond acceptors (Lipinski definition) is 3. The van der Waals surface area contributed by atoms with E-state index in [0.29, 0.717) is 0 Å². The van der Waals surface area contributed by atoms with E-state index >= 15 is 0 Å². The van der Waals surface area contributed by atoms with Gasteiger partial charge in [0.1, 0.15) is 16.5 Å². The minimum Gasteiger partial charge on any atom is -0.272 e. The summed E-state index contributed by atoms with van der Waals surface area (Å²) in [5.74, 6) is -1.69. The number of benzene rings is 1. The van der Waals surface area contributed by atoms with Crippen LogP contribution in [0.15, 0.2) is 23.1 Å². The summed E-state index contributed by atoms with van der Waals surface area (Å²) >= 11 is 0. The lowest BCUT2D eigenvalue weighted by Gasteiger charge is -2.28. The molecule has 2 aliphatic carbocycles. The van der Waals surface area contributed by atoms with Crippen LogP contribution in [-0.2, 0) is 36.5 Å². The van der Waals surface area contributed by atoms with Gasteiger partial charge in [-0.25, -0.2) is 17.2 Å². The highest BCUT2D eigenvalue weighted by Gasteiger charge is 2.37. The zero-order valence-corrected chi connectivity index (χ0v) is 16.1. The summed E-state index contributed by atoms with van der Waals surface area (Å²) in [4.78, 5) is -0.595.